The summed E-state index contributed by atoms with van der Waals surface area (Å²) >= 11 is 6.04. The van der Waals surface area contributed by atoms with Gasteiger partial charge in [0.15, 0.2) is 5.82 Å². The molecule has 2 aromatic rings. The van der Waals surface area contributed by atoms with E-state index in [9.17, 15) is 10.1 Å². The molecule has 0 bridgehead atoms. The number of non-ortho nitro benzene ring substituents is 1. The van der Waals surface area contributed by atoms with Crippen molar-refractivity contribution in [3.8, 4) is 0 Å². The minimum absolute atomic E-state index is 0.0506. The summed E-state index contributed by atoms with van der Waals surface area (Å²) in [6.45, 7) is 0. The Morgan fingerprint density at radius 3 is 2.81 bits per heavy atom. The van der Waals surface area contributed by atoms with Crippen molar-refractivity contribution >= 4 is 17.3 Å². The van der Waals surface area contributed by atoms with Crippen LogP contribution in [0.1, 0.15) is 36.5 Å². The Kier molecular flexibility index (Phi) is 3.38. The van der Waals surface area contributed by atoms with Gasteiger partial charge in [-0.2, -0.15) is 4.98 Å². The summed E-state index contributed by atoms with van der Waals surface area (Å²) in [5, 5.41) is 14.9. The van der Waals surface area contributed by atoms with Gasteiger partial charge >= 0.3 is 0 Å². The van der Waals surface area contributed by atoms with E-state index < -0.39 is 10.5 Å². The largest absolute Gasteiger partial charge is 0.339 e. The van der Waals surface area contributed by atoms with Gasteiger partial charge in [0.05, 0.1) is 21.9 Å². The van der Waals surface area contributed by atoms with Gasteiger partial charge in [0.1, 0.15) is 0 Å². The van der Waals surface area contributed by atoms with Crippen LogP contribution in [0.25, 0.3) is 0 Å². The first-order valence-corrected chi connectivity index (χ1v) is 6.90. The van der Waals surface area contributed by atoms with Gasteiger partial charge in [0, 0.05) is 12.1 Å². The molecule has 0 spiro atoms. The number of aromatic nitrogens is 2. The van der Waals surface area contributed by atoms with Crippen LogP contribution in [0.4, 0.5) is 5.69 Å². The Morgan fingerprint density at radius 2 is 2.24 bits per heavy atom. The number of rotatable bonds is 4. The Morgan fingerprint density at radius 1 is 1.48 bits per heavy atom. The topological polar surface area (TPSA) is 108 Å². The van der Waals surface area contributed by atoms with Crippen LogP contribution in [0.5, 0.6) is 0 Å². The lowest BCUT2D eigenvalue weighted by Crippen LogP contribution is -2.44. The lowest BCUT2D eigenvalue weighted by molar-refractivity contribution is -0.384. The van der Waals surface area contributed by atoms with Crippen LogP contribution in [0.15, 0.2) is 22.7 Å². The van der Waals surface area contributed by atoms with Crippen molar-refractivity contribution in [2.45, 2.75) is 31.2 Å². The molecule has 1 aliphatic rings. The van der Waals surface area contributed by atoms with Crippen molar-refractivity contribution in [1.29, 1.82) is 0 Å². The van der Waals surface area contributed by atoms with Crippen molar-refractivity contribution in [2.75, 3.05) is 0 Å². The number of nitro benzene ring substituents is 1. The van der Waals surface area contributed by atoms with Gasteiger partial charge < -0.3 is 10.3 Å². The molecule has 21 heavy (non-hydrogen) atoms. The van der Waals surface area contributed by atoms with E-state index in [0.29, 0.717) is 28.7 Å². The van der Waals surface area contributed by atoms with E-state index in [1.165, 1.54) is 12.1 Å². The average Bonchev–Trinajstić information content (AvgIpc) is 2.87. The van der Waals surface area contributed by atoms with Gasteiger partial charge in [-0.05, 0) is 24.8 Å². The molecule has 3 rings (SSSR count). The van der Waals surface area contributed by atoms with Gasteiger partial charge in [-0.25, -0.2) is 0 Å². The third-order valence-corrected chi connectivity index (χ3v) is 4.10. The second kappa shape index (κ2) is 5.09. The summed E-state index contributed by atoms with van der Waals surface area (Å²) < 4.78 is 5.19. The van der Waals surface area contributed by atoms with Gasteiger partial charge in [-0.15, -0.1) is 0 Å². The van der Waals surface area contributed by atoms with E-state index in [0.717, 1.165) is 19.3 Å². The number of nitro groups is 1. The number of hydrogen-bond acceptors (Lipinski definition) is 6. The van der Waals surface area contributed by atoms with Gasteiger partial charge in [-0.1, -0.05) is 22.8 Å². The molecule has 0 amide bonds. The molecule has 1 heterocycles. The summed E-state index contributed by atoms with van der Waals surface area (Å²) in [4.78, 5) is 14.5. The number of nitrogens with zero attached hydrogens (tertiary/aromatic N) is 3. The van der Waals surface area contributed by atoms with Crippen LogP contribution in [0.3, 0.4) is 0 Å². The van der Waals surface area contributed by atoms with Crippen LogP contribution in [0.2, 0.25) is 5.02 Å². The highest BCUT2D eigenvalue weighted by Crippen LogP contribution is 2.37. The van der Waals surface area contributed by atoms with E-state index >= 15 is 0 Å². The van der Waals surface area contributed by atoms with Gasteiger partial charge in [-0.3, -0.25) is 10.1 Å². The molecule has 8 heteroatoms. The smallest absolute Gasteiger partial charge is 0.270 e. The molecule has 1 aliphatic carbocycles. The Bertz CT molecular complexity index is 696. The minimum Gasteiger partial charge on any atom is -0.339 e. The van der Waals surface area contributed by atoms with E-state index in [4.69, 9.17) is 21.9 Å². The molecular weight excluding hydrogens is 296 g/mol. The maximum absolute atomic E-state index is 10.7. The normalized spacial score (nSPS) is 16.5. The quantitative estimate of drug-likeness (QED) is 0.687. The summed E-state index contributed by atoms with van der Waals surface area (Å²) in [5.41, 5.74) is 6.30. The molecule has 0 aliphatic heterocycles. The number of benzene rings is 1. The first-order chi connectivity index (χ1) is 9.98. The van der Waals surface area contributed by atoms with Crippen LogP contribution < -0.4 is 5.73 Å². The molecule has 0 saturated heterocycles. The fraction of sp³-hybridized carbons (Fsp3) is 0.385. The van der Waals surface area contributed by atoms with E-state index in [-0.39, 0.29) is 5.69 Å². The van der Waals surface area contributed by atoms with Crippen molar-refractivity contribution in [1.82, 2.24) is 10.1 Å². The maximum Gasteiger partial charge on any atom is 0.270 e. The lowest BCUT2D eigenvalue weighted by atomic mass is 9.77. The molecule has 110 valence electrons. The molecule has 0 atom stereocenters. The average molecular weight is 309 g/mol. The number of halogens is 1. The standard InChI is InChI=1S/C13H13ClN4O3/c14-10-7-9(18(19)20)3-2-8(10)6-11-16-12(17-21-11)13(15)4-1-5-13/h2-3,7H,1,4-6,15H2. The SMILES string of the molecule is NC1(c2noc(Cc3ccc([N+](=O)[O-])cc3Cl)n2)CCC1. The van der Waals surface area contributed by atoms with Crippen molar-refractivity contribution in [3.63, 3.8) is 0 Å². The number of hydrogen-bond donors (Lipinski definition) is 1. The molecule has 2 N–H and O–H groups in total. The molecule has 1 aromatic heterocycles. The summed E-state index contributed by atoms with van der Waals surface area (Å²) in [6.07, 6.45) is 3.09. The van der Waals surface area contributed by atoms with Gasteiger partial charge in [0.25, 0.3) is 5.69 Å². The summed E-state index contributed by atoms with van der Waals surface area (Å²) in [5.74, 6) is 0.916. The van der Waals surface area contributed by atoms with Crippen LogP contribution >= 0.6 is 11.6 Å². The molecular formula is C13H13ClN4O3. The Balaban J connectivity index is 1.79. The highest BCUT2D eigenvalue weighted by Gasteiger charge is 2.38. The first kappa shape index (κ1) is 14.0. The second-order valence-electron chi connectivity index (χ2n) is 5.23. The predicted octanol–water partition coefficient (Wildman–Crippen LogP) is 2.56. The highest BCUT2D eigenvalue weighted by atomic mass is 35.5. The molecule has 0 unspecified atom stereocenters. The van der Waals surface area contributed by atoms with E-state index in [2.05, 4.69) is 10.1 Å². The summed E-state index contributed by atoms with van der Waals surface area (Å²) in [7, 11) is 0. The highest BCUT2D eigenvalue weighted by molar-refractivity contribution is 6.31. The molecule has 1 saturated carbocycles. The zero-order valence-electron chi connectivity index (χ0n) is 11.1. The third kappa shape index (κ3) is 2.62. The van der Waals surface area contributed by atoms with Crippen LogP contribution in [0, 0.1) is 10.1 Å². The first-order valence-electron chi connectivity index (χ1n) is 6.53. The van der Waals surface area contributed by atoms with Crippen LogP contribution in [-0.4, -0.2) is 15.1 Å². The monoisotopic (exact) mass is 308 g/mol. The molecule has 7 nitrogen and oxygen atoms in total. The zero-order chi connectivity index (χ0) is 15.0. The Hall–Kier alpha value is -1.99. The minimum atomic E-state index is -0.491. The fourth-order valence-corrected chi connectivity index (χ4v) is 2.51. The third-order valence-electron chi connectivity index (χ3n) is 3.75. The second-order valence-corrected chi connectivity index (χ2v) is 5.64. The number of nitrogens with two attached hydrogens (primary N) is 1. The lowest BCUT2D eigenvalue weighted by Gasteiger charge is -2.34. The maximum atomic E-state index is 10.7. The van der Waals surface area contributed by atoms with Crippen molar-refractivity contribution in [2.24, 2.45) is 5.73 Å². The molecule has 0 radical (unpaired) electrons. The fourth-order valence-electron chi connectivity index (χ4n) is 2.27. The predicted molar refractivity (Wildman–Crippen MR) is 74.9 cm³/mol. The summed E-state index contributed by atoms with van der Waals surface area (Å²) in [6, 6.07) is 4.30. The van der Waals surface area contributed by atoms with Crippen molar-refractivity contribution in [3.05, 3.63) is 50.6 Å². The van der Waals surface area contributed by atoms with E-state index in [1.54, 1.807) is 6.07 Å². The van der Waals surface area contributed by atoms with Crippen LogP contribution in [-0.2, 0) is 12.0 Å². The van der Waals surface area contributed by atoms with Gasteiger partial charge in [0.2, 0.25) is 5.89 Å². The zero-order valence-corrected chi connectivity index (χ0v) is 11.8. The molecule has 1 aromatic carbocycles. The Labute approximate surface area is 125 Å². The molecule has 1 fully saturated rings. The van der Waals surface area contributed by atoms with Crippen molar-refractivity contribution < 1.29 is 9.45 Å². The van der Waals surface area contributed by atoms with E-state index in [1.807, 2.05) is 0 Å².